The van der Waals surface area contributed by atoms with Crippen molar-refractivity contribution in [2.75, 3.05) is 0 Å². The Morgan fingerprint density at radius 1 is 1.00 bits per heavy atom. The second kappa shape index (κ2) is 8.96. The Hall–Kier alpha value is -1.30. The quantitative estimate of drug-likeness (QED) is 0.476. The molecule has 0 N–H and O–H groups in total. The van der Waals surface area contributed by atoms with Crippen LogP contribution in [-0.2, 0) is 0 Å². The van der Waals surface area contributed by atoms with Crippen molar-refractivity contribution < 1.29 is 0 Å². The zero-order valence-electron chi connectivity index (χ0n) is 10.9. The van der Waals surface area contributed by atoms with Crippen molar-refractivity contribution in [1.82, 2.24) is 0 Å². The van der Waals surface area contributed by atoms with Gasteiger partial charge >= 0.3 is 0 Å². The highest BCUT2D eigenvalue weighted by Gasteiger charge is 1.95. The van der Waals surface area contributed by atoms with Crippen LogP contribution < -0.4 is 0 Å². The van der Waals surface area contributed by atoms with Crippen LogP contribution in [0.15, 0.2) is 49.6 Å². The maximum atomic E-state index is 3.55. The minimum atomic E-state index is 0.653. The van der Waals surface area contributed by atoms with Gasteiger partial charge in [-0.2, -0.15) is 0 Å². The zero-order chi connectivity index (χ0) is 12.4. The maximum Gasteiger partial charge on any atom is -0.0219 e. The topological polar surface area (TPSA) is 0 Å². The third kappa shape index (κ3) is 7.05. The Morgan fingerprint density at radius 3 is 1.75 bits per heavy atom. The molecule has 16 heavy (non-hydrogen) atoms. The van der Waals surface area contributed by atoms with Gasteiger partial charge in [-0.3, -0.25) is 0 Å². The molecule has 0 amide bonds. The third-order valence-electron chi connectivity index (χ3n) is 2.32. The highest BCUT2D eigenvalue weighted by atomic mass is 14.0. The van der Waals surface area contributed by atoms with Gasteiger partial charge in [-0.15, -0.1) is 13.2 Å². The van der Waals surface area contributed by atoms with Crippen LogP contribution in [0.1, 0.15) is 43.7 Å². The van der Waals surface area contributed by atoms with E-state index in [1.807, 2.05) is 12.2 Å². The molecule has 0 spiro atoms. The average Bonchev–Trinajstić information content (AvgIpc) is 2.28. The smallest absolute Gasteiger partial charge is 0.0219 e. The lowest BCUT2D eigenvalue weighted by Gasteiger charge is -2.03. The third-order valence-corrected chi connectivity index (χ3v) is 2.32. The number of benzene rings is 1. The van der Waals surface area contributed by atoms with Crippen LogP contribution in [0, 0.1) is 6.92 Å². The van der Waals surface area contributed by atoms with Crippen molar-refractivity contribution in [3.63, 3.8) is 0 Å². The van der Waals surface area contributed by atoms with Gasteiger partial charge in [0.05, 0.1) is 0 Å². The molecule has 1 aromatic rings. The number of unbranched alkanes of at least 4 members (excludes halogenated alkanes) is 1. The van der Waals surface area contributed by atoms with Gasteiger partial charge in [0, 0.05) is 0 Å². The molecule has 0 aromatic heterocycles. The molecule has 88 valence electrons. The van der Waals surface area contributed by atoms with Crippen LogP contribution in [0.2, 0.25) is 0 Å². The minimum Gasteiger partial charge on any atom is -0.103 e. The first-order valence-corrected chi connectivity index (χ1v) is 5.90. The van der Waals surface area contributed by atoms with Crippen LogP contribution in [0.4, 0.5) is 0 Å². The number of hydrogen-bond acceptors (Lipinski definition) is 0. The monoisotopic (exact) mass is 216 g/mol. The molecular formula is C16H24. The molecule has 0 aliphatic rings. The van der Waals surface area contributed by atoms with E-state index < -0.39 is 0 Å². The molecule has 0 aliphatic heterocycles. The lowest BCUT2D eigenvalue weighted by Crippen LogP contribution is -1.85. The average molecular weight is 216 g/mol. The molecule has 1 aromatic carbocycles. The van der Waals surface area contributed by atoms with Crippen molar-refractivity contribution in [3.8, 4) is 0 Å². The summed E-state index contributed by atoms with van der Waals surface area (Å²) in [5.74, 6) is 0.653. The molecule has 0 fully saturated rings. The SMILES string of the molecule is C=CCCC=C.Cc1ccc(C(C)C)cc1. The van der Waals surface area contributed by atoms with Crippen molar-refractivity contribution in [2.24, 2.45) is 0 Å². The van der Waals surface area contributed by atoms with Crippen LogP contribution in [0.25, 0.3) is 0 Å². The summed E-state index contributed by atoms with van der Waals surface area (Å²) in [5.41, 5.74) is 2.76. The molecule has 0 heterocycles. The van der Waals surface area contributed by atoms with Crippen LogP contribution in [0.3, 0.4) is 0 Å². The summed E-state index contributed by atoms with van der Waals surface area (Å²) in [7, 11) is 0. The highest BCUT2D eigenvalue weighted by molar-refractivity contribution is 5.23. The zero-order valence-corrected chi connectivity index (χ0v) is 10.9. The van der Waals surface area contributed by atoms with Gasteiger partial charge in [0.15, 0.2) is 0 Å². The molecule has 0 bridgehead atoms. The summed E-state index contributed by atoms with van der Waals surface area (Å²) in [6, 6.07) is 8.71. The van der Waals surface area contributed by atoms with Crippen molar-refractivity contribution in [1.29, 1.82) is 0 Å². The Morgan fingerprint density at radius 2 is 1.44 bits per heavy atom. The molecule has 1 rings (SSSR count). The van der Waals surface area contributed by atoms with Gasteiger partial charge in [-0.25, -0.2) is 0 Å². The second-order valence-electron chi connectivity index (χ2n) is 4.22. The van der Waals surface area contributed by atoms with Gasteiger partial charge < -0.3 is 0 Å². The fourth-order valence-corrected chi connectivity index (χ4v) is 1.19. The summed E-state index contributed by atoms with van der Waals surface area (Å²) in [5, 5.41) is 0. The van der Waals surface area contributed by atoms with Gasteiger partial charge in [-0.05, 0) is 31.2 Å². The summed E-state index contributed by atoms with van der Waals surface area (Å²) in [6.07, 6.45) is 5.90. The van der Waals surface area contributed by atoms with E-state index in [0.29, 0.717) is 5.92 Å². The van der Waals surface area contributed by atoms with Gasteiger partial charge in [0.2, 0.25) is 0 Å². The van der Waals surface area contributed by atoms with Gasteiger partial charge in [0.1, 0.15) is 0 Å². The number of allylic oxidation sites excluding steroid dienone is 2. The Balaban J connectivity index is 0.000000325. The van der Waals surface area contributed by atoms with E-state index in [1.54, 1.807) is 0 Å². The van der Waals surface area contributed by atoms with E-state index in [2.05, 4.69) is 58.2 Å². The van der Waals surface area contributed by atoms with Crippen LogP contribution >= 0.6 is 0 Å². The number of hydrogen-bond donors (Lipinski definition) is 0. The Kier molecular flexibility index (Phi) is 8.24. The fraction of sp³-hybridized carbons (Fsp3) is 0.375. The largest absolute Gasteiger partial charge is 0.103 e. The van der Waals surface area contributed by atoms with Crippen molar-refractivity contribution >= 4 is 0 Å². The van der Waals surface area contributed by atoms with E-state index in [9.17, 15) is 0 Å². The highest BCUT2D eigenvalue weighted by Crippen LogP contribution is 2.13. The molecule has 0 heteroatoms. The molecular weight excluding hydrogens is 192 g/mol. The van der Waals surface area contributed by atoms with E-state index in [4.69, 9.17) is 0 Å². The van der Waals surface area contributed by atoms with Crippen molar-refractivity contribution in [3.05, 3.63) is 60.7 Å². The van der Waals surface area contributed by atoms with E-state index in [1.165, 1.54) is 11.1 Å². The van der Waals surface area contributed by atoms with E-state index in [0.717, 1.165) is 12.8 Å². The van der Waals surface area contributed by atoms with Crippen LogP contribution in [-0.4, -0.2) is 0 Å². The standard InChI is InChI=1S/C10H14.C6H10/c1-8(2)10-6-4-9(3)5-7-10;1-3-5-6-4-2/h4-8H,1-3H3;3-4H,1-2,5-6H2. The molecule has 0 saturated carbocycles. The summed E-state index contributed by atoms with van der Waals surface area (Å²) >= 11 is 0. The molecule has 0 radical (unpaired) electrons. The normalized spacial score (nSPS) is 9.25. The van der Waals surface area contributed by atoms with Gasteiger partial charge in [-0.1, -0.05) is 55.8 Å². The molecule has 0 nitrogen and oxygen atoms in total. The van der Waals surface area contributed by atoms with Crippen LogP contribution in [0.5, 0.6) is 0 Å². The Labute approximate surface area is 101 Å². The number of rotatable bonds is 4. The summed E-state index contributed by atoms with van der Waals surface area (Å²) in [4.78, 5) is 0. The molecule has 0 saturated heterocycles. The molecule has 0 aliphatic carbocycles. The maximum absolute atomic E-state index is 3.55. The molecule has 0 atom stereocenters. The number of aryl methyl sites for hydroxylation is 1. The first-order chi connectivity index (χ1) is 7.61. The summed E-state index contributed by atoms with van der Waals surface area (Å²) in [6.45, 7) is 13.6. The van der Waals surface area contributed by atoms with Crippen molar-refractivity contribution in [2.45, 2.75) is 39.5 Å². The lowest BCUT2D eigenvalue weighted by atomic mass is 10.0. The first-order valence-electron chi connectivity index (χ1n) is 5.90. The second-order valence-corrected chi connectivity index (χ2v) is 4.22. The van der Waals surface area contributed by atoms with E-state index >= 15 is 0 Å². The van der Waals surface area contributed by atoms with E-state index in [-0.39, 0.29) is 0 Å². The summed E-state index contributed by atoms with van der Waals surface area (Å²) < 4.78 is 0. The minimum absolute atomic E-state index is 0.653. The fourth-order valence-electron chi connectivity index (χ4n) is 1.19. The lowest BCUT2D eigenvalue weighted by molar-refractivity contribution is 0.866. The van der Waals surface area contributed by atoms with Gasteiger partial charge in [0.25, 0.3) is 0 Å². The predicted octanol–water partition coefficient (Wildman–Crippen LogP) is 5.26. The predicted molar refractivity (Wildman–Crippen MR) is 74.9 cm³/mol. The Bertz CT molecular complexity index is 282. The molecule has 0 unspecified atom stereocenters. The first kappa shape index (κ1) is 14.7.